The topological polar surface area (TPSA) is 47.0 Å². The van der Waals surface area contributed by atoms with Crippen molar-refractivity contribution >= 4 is 33.5 Å². The maximum atomic E-state index is 5.82. The van der Waals surface area contributed by atoms with Crippen LogP contribution >= 0.6 is 27.7 Å². The number of halogens is 1. The van der Waals surface area contributed by atoms with E-state index in [4.69, 9.17) is 4.74 Å². The molecule has 2 rings (SSSR count). The number of anilines is 1. The fourth-order valence-corrected chi connectivity index (χ4v) is 2.27. The molecule has 2 aromatic rings. The Kier molecular flexibility index (Phi) is 5.67. The van der Waals surface area contributed by atoms with Gasteiger partial charge in [-0.1, -0.05) is 30.8 Å². The Balaban J connectivity index is 2.24. The summed E-state index contributed by atoms with van der Waals surface area (Å²) in [4.78, 5) is 8.77. The summed E-state index contributed by atoms with van der Waals surface area (Å²) in [7, 11) is 0. The van der Waals surface area contributed by atoms with Gasteiger partial charge in [0.1, 0.15) is 11.6 Å². The molecule has 20 heavy (non-hydrogen) atoms. The molecule has 0 fully saturated rings. The van der Waals surface area contributed by atoms with Gasteiger partial charge in [-0.15, -0.1) is 0 Å². The quantitative estimate of drug-likeness (QED) is 0.608. The lowest BCUT2D eigenvalue weighted by molar-refractivity contribution is 0.453. The van der Waals surface area contributed by atoms with Crippen LogP contribution in [-0.2, 0) is 0 Å². The predicted octanol–water partition coefficient (Wildman–Crippen LogP) is 4.58. The van der Waals surface area contributed by atoms with Crippen LogP contribution in [-0.4, -0.2) is 22.8 Å². The second kappa shape index (κ2) is 7.50. The molecule has 0 saturated heterocycles. The number of hydrogen-bond donors (Lipinski definition) is 1. The number of nitrogens with one attached hydrogen (secondary N) is 1. The summed E-state index contributed by atoms with van der Waals surface area (Å²) in [5, 5.41) is 3.94. The summed E-state index contributed by atoms with van der Waals surface area (Å²) in [5.41, 5.74) is 0. The molecule has 0 amide bonds. The molecule has 106 valence electrons. The van der Waals surface area contributed by atoms with E-state index in [0.717, 1.165) is 29.0 Å². The first-order valence-electron chi connectivity index (χ1n) is 6.32. The largest absolute Gasteiger partial charge is 0.438 e. The molecule has 6 heteroatoms. The van der Waals surface area contributed by atoms with Crippen molar-refractivity contribution in [1.82, 2.24) is 9.97 Å². The summed E-state index contributed by atoms with van der Waals surface area (Å²) in [6, 6.07) is 9.51. The van der Waals surface area contributed by atoms with Gasteiger partial charge in [-0.05, 0) is 40.7 Å². The average Bonchev–Trinajstić information content (AvgIpc) is 2.47. The van der Waals surface area contributed by atoms with Gasteiger partial charge >= 0.3 is 0 Å². The molecular weight excluding hydrogens is 338 g/mol. The van der Waals surface area contributed by atoms with Crippen LogP contribution in [0.1, 0.15) is 13.3 Å². The lowest BCUT2D eigenvalue weighted by Crippen LogP contribution is -2.04. The zero-order valence-electron chi connectivity index (χ0n) is 11.4. The SMILES string of the molecule is CCCNc1cc(Oc2ccccc2Br)nc(SC)n1. The van der Waals surface area contributed by atoms with Crippen molar-refractivity contribution in [3.05, 3.63) is 34.8 Å². The number of aromatic nitrogens is 2. The molecule has 0 spiro atoms. The van der Waals surface area contributed by atoms with E-state index in [2.05, 4.69) is 38.1 Å². The third-order valence-electron chi connectivity index (χ3n) is 2.47. The third-order valence-corrected chi connectivity index (χ3v) is 3.67. The van der Waals surface area contributed by atoms with Crippen LogP contribution in [0.3, 0.4) is 0 Å². The minimum Gasteiger partial charge on any atom is -0.438 e. The first-order valence-corrected chi connectivity index (χ1v) is 8.34. The number of benzene rings is 1. The molecule has 0 saturated carbocycles. The summed E-state index contributed by atoms with van der Waals surface area (Å²) in [6.45, 7) is 2.99. The smallest absolute Gasteiger partial charge is 0.225 e. The highest BCUT2D eigenvalue weighted by Crippen LogP contribution is 2.29. The molecule has 0 unspecified atom stereocenters. The molecule has 1 aromatic heterocycles. The highest BCUT2D eigenvalue weighted by atomic mass is 79.9. The Labute approximate surface area is 131 Å². The van der Waals surface area contributed by atoms with Gasteiger partial charge in [0.25, 0.3) is 0 Å². The maximum Gasteiger partial charge on any atom is 0.225 e. The summed E-state index contributed by atoms with van der Waals surface area (Å²) in [5.74, 6) is 2.06. The predicted molar refractivity (Wildman–Crippen MR) is 86.8 cm³/mol. The zero-order valence-corrected chi connectivity index (χ0v) is 13.8. The normalized spacial score (nSPS) is 10.3. The molecule has 1 aromatic carbocycles. The molecule has 0 bridgehead atoms. The summed E-state index contributed by atoms with van der Waals surface area (Å²) in [6.07, 6.45) is 2.99. The molecule has 0 aliphatic heterocycles. The Morgan fingerprint density at radius 3 is 2.80 bits per heavy atom. The molecule has 4 nitrogen and oxygen atoms in total. The van der Waals surface area contributed by atoms with Crippen LogP contribution in [0.15, 0.2) is 40.0 Å². The number of thioether (sulfide) groups is 1. The minimum atomic E-state index is 0.537. The highest BCUT2D eigenvalue weighted by molar-refractivity contribution is 9.10. The molecule has 0 aliphatic rings. The van der Waals surface area contributed by atoms with Gasteiger partial charge in [0.2, 0.25) is 5.88 Å². The first-order chi connectivity index (χ1) is 9.72. The van der Waals surface area contributed by atoms with E-state index in [1.165, 1.54) is 11.8 Å². The van der Waals surface area contributed by atoms with Gasteiger partial charge in [0.15, 0.2) is 5.16 Å². The Bertz CT molecular complexity index is 580. The van der Waals surface area contributed by atoms with E-state index in [0.29, 0.717) is 11.0 Å². The van der Waals surface area contributed by atoms with Crippen molar-refractivity contribution in [3.8, 4) is 11.6 Å². The van der Waals surface area contributed by atoms with E-state index in [9.17, 15) is 0 Å². The molecule has 0 atom stereocenters. The lowest BCUT2D eigenvalue weighted by atomic mass is 10.3. The number of rotatable bonds is 6. The van der Waals surface area contributed by atoms with E-state index in [1.807, 2.05) is 36.6 Å². The first kappa shape index (κ1) is 15.1. The van der Waals surface area contributed by atoms with Gasteiger partial charge < -0.3 is 10.1 Å². The van der Waals surface area contributed by atoms with Crippen molar-refractivity contribution in [3.63, 3.8) is 0 Å². The van der Waals surface area contributed by atoms with Crippen LogP contribution in [0, 0.1) is 0 Å². The molecule has 1 heterocycles. The van der Waals surface area contributed by atoms with Gasteiger partial charge in [-0.3, -0.25) is 0 Å². The van der Waals surface area contributed by atoms with Crippen LogP contribution in [0.25, 0.3) is 0 Å². The van der Waals surface area contributed by atoms with E-state index < -0.39 is 0 Å². The van der Waals surface area contributed by atoms with Crippen LogP contribution < -0.4 is 10.1 Å². The van der Waals surface area contributed by atoms with Gasteiger partial charge in [-0.25, -0.2) is 4.98 Å². The zero-order chi connectivity index (χ0) is 14.4. The number of ether oxygens (including phenoxy) is 1. The van der Waals surface area contributed by atoms with Gasteiger partial charge in [0, 0.05) is 12.6 Å². The molecule has 1 N–H and O–H groups in total. The van der Waals surface area contributed by atoms with Crippen molar-refractivity contribution in [2.45, 2.75) is 18.5 Å². The number of para-hydroxylation sites is 1. The monoisotopic (exact) mass is 353 g/mol. The Morgan fingerprint density at radius 2 is 2.10 bits per heavy atom. The minimum absolute atomic E-state index is 0.537. The van der Waals surface area contributed by atoms with E-state index >= 15 is 0 Å². The van der Waals surface area contributed by atoms with Crippen molar-refractivity contribution in [2.24, 2.45) is 0 Å². The van der Waals surface area contributed by atoms with Crippen LogP contribution in [0.5, 0.6) is 11.6 Å². The lowest BCUT2D eigenvalue weighted by Gasteiger charge is -2.10. The number of nitrogens with zero attached hydrogens (tertiary/aromatic N) is 2. The number of hydrogen-bond acceptors (Lipinski definition) is 5. The molecule has 0 radical (unpaired) electrons. The summed E-state index contributed by atoms with van der Waals surface area (Å²) >= 11 is 4.95. The van der Waals surface area contributed by atoms with Gasteiger partial charge in [-0.2, -0.15) is 4.98 Å². The van der Waals surface area contributed by atoms with Crippen molar-refractivity contribution < 1.29 is 4.74 Å². The highest BCUT2D eigenvalue weighted by Gasteiger charge is 2.07. The van der Waals surface area contributed by atoms with Crippen molar-refractivity contribution in [2.75, 3.05) is 18.1 Å². The fraction of sp³-hybridized carbons (Fsp3) is 0.286. The van der Waals surface area contributed by atoms with Crippen LogP contribution in [0.2, 0.25) is 0 Å². The third kappa shape index (κ3) is 4.11. The maximum absolute atomic E-state index is 5.82. The van der Waals surface area contributed by atoms with E-state index in [1.54, 1.807) is 0 Å². The summed E-state index contributed by atoms with van der Waals surface area (Å²) < 4.78 is 6.72. The fourth-order valence-electron chi connectivity index (χ4n) is 1.53. The Morgan fingerprint density at radius 1 is 1.30 bits per heavy atom. The molecule has 0 aliphatic carbocycles. The van der Waals surface area contributed by atoms with Crippen LogP contribution in [0.4, 0.5) is 5.82 Å². The second-order valence-corrected chi connectivity index (χ2v) is 5.67. The molecular formula is C14H16BrN3OS. The second-order valence-electron chi connectivity index (χ2n) is 4.04. The van der Waals surface area contributed by atoms with E-state index in [-0.39, 0.29) is 0 Å². The average molecular weight is 354 g/mol. The standard InChI is InChI=1S/C14H16BrN3OS/c1-3-8-16-12-9-13(18-14(17-12)20-2)19-11-7-5-4-6-10(11)15/h4-7,9H,3,8H2,1-2H3,(H,16,17,18). The van der Waals surface area contributed by atoms with Gasteiger partial charge in [0.05, 0.1) is 4.47 Å². The Hall–Kier alpha value is -1.27. The van der Waals surface area contributed by atoms with Crippen molar-refractivity contribution in [1.29, 1.82) is 0 Å².